The van der Waals surface area contributed by atoms with Crippen LogP contribution in [0.2, 0.25) is 0 Å². The van der Waals surface area contributed by atoms with Crippen molar-refractivity contribution >= 4 is 17.2 Å². The van der Waals surface area contributed by atoms with E-state index in [4.69, 9.17) is 5.26 Å². The van der Waals surface area contributed by atoms with Crippen LogP contribution in [0.1, 0.15) is 33.8 Å². The van der Waals surface area contributed by atoms with Gasteiger partial charge in [-0.2, -0.15) is 5.26 Å². The number of rotatable bonds is 3. The Morgan fingerprint density at radius 2 is 2.22 bits per heavy atom. The number of carbonyl (C=O) groups excluding carboxylic acids is 1. The summed E-state index contributed by atoms with van der Waals surface area (Å²) in [5, 5.41) is 13.7. The summed E-state index contributed by atoms with van der Waals surface area (Å²) in [6.45, 7) is 1.94. The highest BCUT2D eigenvalue weighted by molar-refractivity contribution is 7.10. The van der Waals surface area contributed by atoms with Gasteiger partial charge in [0, 0.05) is 10.4 Å². The van der Waals surface area contributed by atoms with E-state index in [1.165, 1.54) is 0 Å². The van der Waals surface area contributed by atoms with Crippen molar-refractivity contribution in [2.75, 3.05) is 0 Å². The minimum atomic E-state index is -0.159. The van der Waals surface area contributed by atoms with Gasteiger partial charge in [-0.15, -0.1) is 11.3 Å². The lowest BCUT2D eigenvalue weighted by Crippen LogP contribution is -2.26. The lowest BCUT2D eigenvalue weighted by atomic mass is 10.1. The summed E-state index contributed by atoms with van der Waals surface area (Å²) >= 11 is 1.61. The van der Waals surface area contributed by atoms with E-state index in [9.17, 15) is 4.79 Å². The minimum Gasteiger partial charge on any atom is -0.345 e. The fraction of sp³-hybridized carbons (Fsp3) is 0.143. The summed E-state index contributed by atoms with van der Waals surface area (Å²) in [6.07, 6.45) is 0. The van der Waals surface area contributed by atoms with Crippen LogP contribution in [-0.2, 0) is 0 Å². The molecule has 0 spiro atoms. The van der Waals surface area contributed by atoms with Gasteiger partial charge in [-0.05, 0) is 36.6 Å². The molecule has 90 valence electrons. The van der Waals surface area contributed by atoms with Gasteiger partial charge in [-0.3, -0.25) is 4.79 Å². The third kappa shape index (κ3) is 2.76. The van der Waals surface area contributed by atoms with Crippen molar-refractivity contribution in [3.8, 4) is 6.07 Å². The normalized spacial score (nSPS) is 11.6. The molecule has 0 saturated carbocycles. The van der Waals surface area contributed by atoms with Gasteiger partial charge in [0.05, 0.1) is 17.7 Å². The average molecular weight is 256 g/mol. The van der Waals surface area contributed by atoms with Gasteiger partial charge in [0.1, 0.15) is 0 Å². The van der Waals surface area contributed by atoms with Gasteiger partial charge in [0.15, 0.2) is 0 Å². The van der Waals surface area contributed by atoms with Crippen LogP contribution < -0.4 is 5.32 Å². The Kier molecular flexibility index (Phi) is 3.75. The van der Waals surface area contributed by atoms with Crippen LogP contribution in [0.15, 0.2) is 41.8 Å². The third-order valence-electron chi connectivity index (χ3n) is 2.57. The maximum Gasteiger partial charge on any atom is 0.251 e. The molecule has 2 aromatic rings. The predicted octanol–water partition coefficient (Wildman–Crippen LogP) is 3.11. The Morgan fingerprint density at radius 3 is 2.89 bits per heavy atom. The monoisotopic (exact) mass is 256 g/mol. The van der Waals surface area contributed by atoms with Gasteiger partial charge in [-0.1, -0.05) is 12.1 Å². The number of benzene rings is 1. The number of nitrogens with zero attached hydrogens (tertiary/aromatic N) is 1. The Bertz CT molecular complexity index is 584. The number of hydrogen-bond donors (Lipinski definition) is 1. The van der Waals surface area contributed by atoms with Crippen LogP contribution in [0.4, 0.5) is 0 Å². The molecule has 1 atom stereocenters. The van der Waals surface area contributed by atoms with Crippen molar-refractivity contribution in [3.63, 3.8) is 0 Å². The molecule has 1 aromatic heterocycles. The largest absolute Gasteiger partial charge is 0.345 e. The molecule has 1 heterocycles. The van der Waals surface area contributed by atoms with E-state index in [2.05, 4.69) is 5.32 Å². The summed E-state index contributed by atoms with van der Waals surface area (Å²) in [5.74, 6) is -0.159. The van der Waals surface area contributed by atoms with Crippen LogP contribution in [0, 0.1) is 11.3 Å². The first-order valence-electron chi connectivity index (χ1n) is 5.55. The number of hydrogen-bond acceptors (Lipinski definition) is 3. The zero-order valence-corrected chi connectivity index (χ0v) is 10.7. The van der Waals surface area contributed by atoms with E-state index in [0.717, 1.165) is 4.88 Å². The molecule has 0 radical (unpaired) electrons. The smallest absolute Gasteiger partial charge is 0.251 e. The topological polar surface area (TPSA) is 52.9 Å². The number of thiophene rings is 1. The van der Waals surface area contributed by atoms with Crippen molar-refractivity contribution in [1.82, 2.24) is 5.32 Å². The van der Waals surface area contributed by atoms with Crippen LogP contribution in [-0.4, -0.2) is 5.91 Å². The molecule has 2 rings (SSSR count). The van der Waals surface area contributed by atoms with E-state index < -0.39 is 0 Å². The molecule has 0 aliphatic heterocycles. The third-order valence-corrected chi connectivity index (χ3v) is 3.63. The fourth-order valence-electron chi connectivity index (χ4n) is 1.62. The number of amides is 1. The molecule has 0 bridgehead atoms. The lowest BCUT2D eigenvalue weighted by Gasteiger charge is -2.12. The number of carbonyl (C=O) groups is 1. The summed E-state index contributed by atoms with van der Waals surface area (Å²) < 4.78 is 0. The standard InChI is InChI=1S/C14H12N2OS/c1-10(13-6-3-7-18-13)16-14(17)12-5-2-4-11(8-12)9-15/h2-8,10H,1H3,(H,16,17)/t10-/m0/s1. The van der Waals surface area contributed by atoms with Crippen molar-refractivity contribution < 1.29 is 4.79 Å². The number of nitrogens with one attached hydrogen (secondary N) is 1. The summed E-state index contributed by atoms with van der Waals surface area (Å²) in [7, 11) is 0. The van der Waals surface area contributed by atoms with Crippen LogP contribution in [0.3, 0.4) is 0 Å². The van der Waals surface area contributed by atoms with E-state index in [1.54, 1.807) is 35.6 Å². The van der Waals surface area contributed by atoms with E-state index in [0.29, 0.717) is 11.1 Å². The molecule has 1 aromatic carbocycles. The minimum absolute atomic E-state index is 0.0248. The molecule has 0 saturated heterocycles. The van der Waals surface area contributed by atoms with Gasteiger partial charge in [0.2, 0.25) is 0 Å². The Balaban J connectivity index is 2.10. The van der Waals surface area contributed by atoms with Gasteiger partial charge < -0.3 is 5.32 Å². The van der Waals surface area contributed by atoms with E-state index >= 15 is 0 Å². The second-order valence-electron chi connectivity index (χ2n) is 3.90. The predicted molar refractivity (Wildman–Crippen MR) is 71.4 cm³/mol. The van der Waals surface area contributed by atoms with Crippen molar-refractivity contribution in [2.45, 2.75) is 13.0 Å². The summed E-state index contributed by atoms with van der Waals surface area (Å²) in [6, 6.07) is 12.6. The molecule has 0 fully saturated rings. The highest BCUT2D eigenvalue weighted by atomic mass is 32.1. The molecule has 0 aliphatic carbocycles. The van der Waals surface area contributed by atoms with Gasteiger partial charge in [-0.25, -0.2) is 0 Å². The second kappa shape index (κ2) is 5.48. The SMILES string of the molecule is C[C@H](NC(=O)c1cccc(C#N)c1)c1cccs1. The van der Waals surface area contributed by atoms with Crippen molar-refractivity contribution in [1.29, 1.82) is 5.26 Å². The molecule has 0 aliphatic rings. The van der Waals surface area contributed by atoms with Crippen LogP contribution in [0.5, 0.6) is 0 Å². The van der Waals surface area contributed by atoms with Gasteiger partial charge in [0.25, 0.3) is 5.91 Å². The van der Waals surface area contributed by atoms with Crippen LogP contribution >= 0.6 is 11.3 Å². The van der Waals surface area contributed by atoms with Crippen LogP contribution in [0.25, 0.3) is 0 Å². The molecule has 18 heavy (non-hydrogen) atoms. The van der Waals surface area contributed by atoms with E-state index in [-0.39, 0.29) is 11.9 Å². The van der Waals surface area contributed by atoms with E-state index in [1.807, 2.05) is 30.5 Å². The first kappa shape index (κ1) is 12.3. The summed E-state index contributed by atoms with van der Waals surface area (Å²) in [4.78, 5) is 13.1. The number of nitriles is 1. The quantitative estimate of drug-likeness (QED) is 0.917. The average Bonchev–Trinajstić information content (AvgIpc) is 2.92. The van der Waals surface area contributed by atoms with Gasteiger partial charge >= 0.3 is 0 Å². The zero-order valence-electron chi connectivity index (χ0n) is 9.88. The second-order valence-corrected chi connectivity index (χ2v) is 4.88. The summed E-state index contributed by atoms with van der Waals surface area (Å²) in [5.41, 5.74) is 1.00. The molecular formula is C14H12N2OS. The molecule has 4 heteroatoms. The molecule has 0 unspecified atom stereocenters. The Morgan fingerprint density at radius 1 is 1.39 bits per heavy atom. The molecular weight excluding hydrogens is 244 g/mol. The molecule has 1 amide bonds. The maximum atomic E-state index is 12.0. The lowest BCUT2D eigenvalue weighted by molar-refractivity contribution is 0.0940. The first-order chi connectivity index (χ1) is 8.70. The Labute approximate surface area is 110 Å². The highest BCUT2D eigenvalue weighted by Crippen LogP contribution is 2.18. The maximum absolute atomic E-state index is 12.0. The van der Waals surface area contributed by atoms with Crippen molar-refractivity contribution in [2.24, 2.45) is 0 Å². The highest BCUT2D eigenvalue weighted by Gasteiger charge is 2.12. The fourth-order valence-corrected chi connectivity index (χ4v) is 2.35. The first-order valence-corrected chi connectivity index (χ1v) is 6.43. The van der Waals surface area contributed by atoms with Crippen molar-refractivity contribution in [3.05, 3.63) is 57.8 Å². The zero-order chi connectivity index (χ0) is 13.0. The molecule has 1 N–H and O–H groups in total. The molecule has 3 nitrogen and oxygen atoms in total. The Hall–Kier alpha value is -2.12.